The third-order valence-corrected chi connectivity index (χ3v) is 1.66. The molecule has 1 amide bonds. The molecule has 0 heterocycles. The molecule has 1 aromatic carbocycles. The summed E-state index contributed by atoms with van der Waals surface area (Å²) in [6, 6.07) is 4.29. The standard InChI is InChI=1S/C9H10F2N2O2/c10-7(11)4-15-8-5(9(13)14)2-1-3-6(8)12/h1-3,7H,4,12H2,(H2,13,14). The number of amides is 1. The minimum atomic E-state index is -2.63. The largest absolute Gasteiger partial charge is 0.485 e. The molecule has 4 N–H and O–H groups in total. The van der Waals surface area contributed by atoms with E-state index in [0.717, 1.165) is 0 Å². The van der Waals surface area contributed by atoms with E-state index in [1.54, 1.807) is 0 Å². The summed E-state index contributed by atoms with van der Waals surface area (Å²) in [6.07, 6.45) is -2.63. The number of carbonyl (C=O) groups is 1. The number of ether oxygens (including phenoxy) is 1. The van der Waals surface area contributed by atoms with Gasteiger partial charge >= 0.3 is 0 Å². The van der Waals surface area contributed by atoms with Crippen LogP contribution in [0.4, 0.5) is 14.5 Å². The molecule has 1 aromatic rings. The van der Waals surface area contributed by atoms with E-state index in [9.17, 15) is 13.6 Å². The summed E-state index contributed by atoms with van der Waals surface area (Å²) in [6.45, 7) is -0.825. The second kappa shape index (κ2) is 4.59. The topological polar surface area (TPSA) is 78.3 Å². The molecule has 82 valence electrons. The molecule has 0 aliphatic rings. The summed E-state index contributed by atoms with van der Waals surface area (Å²) in [5, 5.41) is 0. The Balaban J connectivity index is 2.97. The number of nitrogens with two attached hydrogens (primary N) is 2. The first-order valence-electron chi connectivity index (χ1n) is 4.11. The SMILES string of the molecule is NC(=O)c1cccc(N)c1OCC(F)F. The smallest absolute Gasteiger partial charge is 0.272 e. The molecular formula is C9H10F2N2O2. The quantitative estimate of drug-likeness (QED) is 0.737. The maximum atomic E-state index is 11.9. The number of carbonyl (C=O) groups excluding carboxylic acids is 1. The summed E-state index contributed by atoms with van der Waals surface area (Å²) in [5.41, 5.74) is 10.6. The van der Waals surface area contributed by atoms with Gasteiger partial charge in [-0.3, -0.25) is 4.79 Å². The van der Waals surface area contributed by atoms with Gasteiger partial charge in [-0.1, -0.05) is 6.07 Å². The lowest BCUT2D eigenvalue weighted by Crippen LogP contribution is -2.16. The lowest BCUT2D eigenvalue weighted by molar-refractivity contribution is 0.0805. The van der Waals surface area contributed by atoms with Crippen LogP contribution in [0.25, 0.3) is 0 Å². The van der Waals surface area contributed by atoms with Crippen molar-refractivity contribution in [3.05, 3.63) is 23.8 Å². The first kappa shape index (κ1) is 11.2. The predicted octanol–water partition coefficient (Wildman–Crippen LogP) is 1.01. The van der Waals surface area contributed by atoms with Crippen molar-refractivity contribution < 1.29 is 18.3 Å². The molecule has 0 spiro atoms. The molecule has 0 saturated heterocycles. The van der Waals surface area contributed by atoms with Crippen LogP contribution in [-0.4, -0.2) is 18.9 Å². The Kier molecular flexibility index (Phi) is 3.43. The summed E-state index contributed by atoms with van der Waals surface area (Å²) in [5.74, 6) is -0.864. The number of hydrogen-bond donors (Lipinski definition) is 2. The number of rotatable bonds is 4. The van der Waals surface area contributed by atoms with Gasteiger partial charge in [0.15, 0.2) is 5.75 Å². The van der Waals surface area contributed by atoms with Crippen molar-refractivity contribution in [1.29, 1.82) is 0 Å². The van der Waals surface area contributed by atoms with Crippen LogP contribution in [0.5, 0.6) is 5.75 Å². The molecule has 0 saturated carbocycles. The number of nitrogen functional groups attached to an aromatic ring is 1. The average molecular weight is 216 g/mol. The fourth-order valence-corrected chi connectivity index (χ4v) is 1.06. The van der Waals surface area contributed by atoms with Crippen LogP contribution in [0, 0.1) is 0 Å². The van der Waals surface area contributed by atoms with Crippen LogP contribution in [0.2, 0.25) is 0 Å². The molecule has 0 atom stereocenters. The summed E-state index contributed by atoms with van der Waals surface area (Å²) < 4.78 is 28.5. The van der Waals surface area contributed by atoms with Gasteiger partial charge in [0.2, 0.25) is 0 Å². The molecule has 15 heavy (non-hydrogen) atoms. The molecule has 0 fully saturated rings. The first-order chi connectivity index (χ1) is 7.02. The zero-order chi connectivity index (χ0) is 11.4. The van der Waals surface area contributed by atoms with E-state index in [1.807, 2.05) is 0 Å². The lowest BCUT2D eigenvalue weighted by atomic mass is 10.1. The van der Waals surface area contributed by atoms with Gasteiger partial charge in [0.05, 0.1) is 11.3 Å². The normalized spacial score (nSPS) is 10.3. The number of primary amides is 1. The maximum absolute atomic E-state index is 11.9. The fourth-order valence-electron chi connectivity index (χ4n) is 1.06. The molecular weight excluding hydrogens is 206 g/mol. The van der Waals surface area contributed by atoms with Crippen molar-refractivity contribution in [1.82, 2.24) is 0 Å². The highest BCUT2D eigenvalue weighted by Crippen LogP contribution is 2.26. The molecule has 0 aliphatic heterocycles. The van der Waals surface area contributed by atoms with Gasteiger partial charge in [0.25, 0.3) is 12.3 Å². The molecule has 1 rings (SSSR count). The Bertz CT molecular complexity index is 369. The summed E-state index contributed by atoms with van der Waals surface area (Å²) >= 11 is 0. The van der Waals surface area contributed by atoms with Crippen LogP contribution < -0.4 is 16.2 Å². The van der Waals surface area contributed by atoms with E-state index in [-0.39, 0.29) is 17.0 Å². The number of alkyl halides is 2. The van der Waals surface area contributed by atoms with Crippen molar-refractivity contribution in [3.8, 4) is 5.75 Å². The van der Waals surface area contributed by atoms with Crippen molar-refractivity contribution in [2.75, 3.05) is 12.3 Å². The third kappa shape index (κ3) is 2.80. The van der Waals surface area contributed by atoms with Crippen molar-refractivity contribution in [2.45, 2.75) is 6.43 Å². The predicted molar refractivity (Wildman–Crippen MR) is 50.9 cm³/mol. The monoisotopic (exact) mass is 216 g/mol. The van der Waals surface area contributed by atoms with Crippen LogP contribution in [0.1, 0.15) is 10.4 Å². The third-order valence-electron chi connectivity index (χ3n) is 1.66. The van der Waals surface area contributed by atoms with E-state index in [2.05, 4.69) is 0 Å². The minimum absolute atomic E-state index is 0.00403. The van der Waals surface area contributed by atoms with Gasteiger partial charge in [0, 0.05) is 0 Å². The van der Waals surface area contributed by atoms with Gasteiger partial charge in [0.1, 0.15) is 6.61 Å². The van der Waals surface area contributed by atoms with Crippen molar-refractivity contribution >= 4 is 11.6 Å². The summed E-state index contributed by atoms with van der Waals surface area (Å²) in [7, 11) is 0. The van der Waals surface area contributed by atoms with Gasteiger partial charge in [-0.05, 0) is 12.1 Å². The highest BCUT2D eigenvalue weighted by Gasteiger charge is 2.14. The van der Waals surface area contributed by atoms with Crippen molar-refractivity contribution in [2.24, 2.45) is 5.73 Å². The molecule has 0 unspecified atom stereocenters. The zero-order valence-electron chi connectivity index (χ0n) is 7.74. The lowest BCUT2D eigenvalue weighted by Gasteiger charge is -2.11. The van der Waals surface area contributed by atoms with E-state index in [4.69, 9.17) is 16.2 Å². The van der Waals surface area contributed by atoms with Gasteiger partial charge < -0.3 is 16.2 Å². The fraction of sp³-hybridized carbons (Fsp3) is 0.222. The van der Waals surface area contributed by atoms with E-state index in [1.165, 1.54) is 18.2 Å². The van der Waals surface area contributed by atoms with E-state index < -0.39 is 18.9 Å². The van der Waals surface area contributed by atoms with Crippen LogP contribution in [-0.2, 0) is 0 Å². The Morgan fingerprint density at radius 2 is 2.13 bits per heavy atom. The molecule has 0 aromatic heterocycles. The van der Waals surface area contributed by atoms with Gasteiger partial charge in [-0.2, -0.15) is 0 Å². The number of halogens is 2. The second-order valence-corrected chi connectivity index (χ2v) is 2.79. The number of benzene rings is 1. The van der Waals surface area contributed by atoms with Crippen LogP contribution >= 0.6 is 0 Å². The Labute approximate surface area is 84.8 Å². The zero-order valence-corrected chi connectivity index (χ0v) is 7.74. The van der Waals surface area contributed by atoms with E-state index in [0.29, 0.717) is 0 Å². The Hall–Kier alpha value is -1.85. The molecule has 6 heteroatoms. The molecule has 0 aliphatic carbocycles. The van der Waals surface area contributed by atoms with Crippen LogP contribution in [0.15, 0.2) is 18.2 Å². The Morgan fingerprint density at radius 1 is 1.47 bits per heavy atom. The van der Waals surface area contributed by atoms with Crippen LogP contribution in [0.3, 0.4) is 0 Å². The molecule has 0 radical (unpaired) electrons. The number of anilines is 1. The highest BCUT2D eigenvalue weighted by atomic mass is 19.3. The minimum Gasteiger partial charge on any atom is -0.485 e. The number of hydrogen-bond acceptors (Lipinski definition) is 3. The number of para-hydroxylation sites is 1. The summed E-state index contributed by atoms with van der Waals surface area (Å²) in [4.78, 5) is 10.9. The second-order valence-electron chi connectivity index (χ2n) is 2.79. The maximum Gasteiger partial charge on any atom is 0.272 e. The average Bonchev–Trinajstić information content (AvgIpc) is 2.15. The first-order valence-corrected chi connectivity index (χ1v) is 4.11. The Morgan fingerprint density at radius 3 is 2.67 bits per heavy atom. The van der Waals surface area contributed by atoms with Crippen molar-refractivity contribution in [3.63, 3.8) is 0 Å². The molecule has 4 nitrogen and oxygen atoms in total. The highest BCUT2D eigenvalue weighted by molar-refractivity contribution is 5.97. The van der Waals surface area contributed by atoms with E-state index >= 15 is 0 Å². The van der Waals surface area contributed by atoms with Gasteiger partial charge in [-0.15, -0.1) is 0 Å². The van der Waals surface area contributed by atoms with Gasteiger partial charge in [-0.25, -0.2) is 8.78 Å². The molecule has 0 bridgehead atoms.